The number of hydrogen-bond acceptors (Lipinski definition) is 2. The molecule has 0 radical (unpaired) electrons. The van der Waals surface area contributed by atoms with Crippen molar-refractivity contribution >= 4 is 11.6 Å². The zero-order chi connectivity index (χ0) is 9.68. The fourth-order valence-electron chi connectivity index (χ4n) is 0.903. The average molecular weight is 178 g/mol. The van der Waals surface area contributed by atoms with E-state index in [0.29, 0.717) is 0 Å². The summed E-state index contributed by atoms with van der Waals surface area (Å²) in [6.07, 6.45) is 0. The van der Waals surface area contributed by atoms with Crippen LogP contribution in [0.3, 0.4) is 0 Å². The Morgan fingerprint density at radius 1 is 1.31 bits per heavy atom. The number of hydrogen-bond donors (Lipinski definition) is 2. The molecular formula is C10H14N2O. The van der Waals surface area contributed by atoms with Crippen LogP contribution in [0.2, 0.25) is 0 Å². The number of rotatable bonds is 3. The molecule has 70 valence electrons. The van der Waals surface area contributed by atoms with E-state index in [0.717, 1.165) is 5.69 Å². The van der Waals surface area contributed by atoms with E-state index in [9.17, 15) is 4.79 Å². The Kier molecular flexibility index (Phi) is 3.46. The van der Waals surface area contributed by atoms with Gasteiger partial charge in [0.1, 0.15) is 0 Å². The Morgan fingerprint density at radius 3 is 2.46 bits per heavy atom. The number of benzene rings is 1. The molecule has 0 aromatic heterocycles. The Labute approximate surface area is 78.2 Å². The van der Waals surface area contributed by atoms with E-state index in [1.165, 1.54) is 0 Å². The van der Waals surface area contributed by atoms with Crippen LogP contribution >= 0.6 is 0 Å². The molecule has 1 atom stereocenters. The van der Waals surface area contributed by atoms with Crippen molar-refractivity contribution in [2.75, 3.05) is 12.4 Å². The van der Waals surface area contributed by atoms with Gasteiger partial charge in [-0.1, -0.05) is 18.2 Å². The topological polar surface area (TPSA) is 41.1 Å². The first-order chi connectivity index (χ1) is 6.24. The highest BCUT2D eigenvalue weighted by molar-refractivity contribution is 5.94. The molecule has 3 nitrogen and oxygen atoms in total. The van der Waals surface area contributed by atoms with Gasteiger partial charge in [0.15, 0.2) is 0 Å². The van der Waals surface area contributed by atoms with Gasteiger partial charge >= 0.3 is 0 Å². The van der Waals surface area contributed by atoms with Gasteiger partial charge in [0.05, 0.1) is 6.04 Å². The van der Waals surface area contributed by atoms with Crippen molar-refractivity contribution < 1.29 is 4.79 Å². The zero-order valence-electron chi connectivity index (χ0n) is 7.87. The SMILES string of the molecule is CNC(C)C(=O)Nc1ccccc1. The molecule has 3 heteroatoms. The van der Waals surface area contributed by atoms with Gasteiger partial charge in [0, 0.05) is 5.69 Å². The lowest BCUT2D eigenvalue weighted by Gasteiger charge is -2.10. The van der Waals surface area contributed by atoms with Crippen LogP contribution in [0, 0.1) is 0 Å². The molecule has 1 aromatic rings. The molecule has 0 spiro atoms. The van der Waals surface area contributed by atoms with Crippen molar-refractivity contribution in [2.24, 2.45) is 0 Å². The van der Waals surface area contributed by atoms with Crippen molar-refractivity contribution in [1.29, 1.82) is 0 Å². The maximum Gasteiger partial charge on any atom is 0.241 e. The van der Waals surface area contributed by atoms with Gasteiger partial charge in [-0.2, -0.15) is 0 Å². The van der Waals surface area contributed by atoms with Crippen LogP contribution in [0.25, 0.3) is 0 Å². The highest BCUT2D eigenvalue weighted by Gasteiger charge is 2.08. The minimum atomic E-state index is -0.166. The predicted molar refractivity (Wildman–Crippen MR) is 53.6 cm³/mol. The molecule has 1 rings (SSSR count). The zero-order valence-corrected chi connectivity index (χ0v) is 7.87. The second-order valence-corrected chi connectivity index (χ2v) is 2.87. The first kappa shape index (κ1) is 9.74. The molecule has 0 saturated heterocycles. The monoisotopic (exact) mass is 178 g/mol. The molecule has 0 bridgehead atoms. The Balaban J connectivity index is 2.55. The number of para-hydroxylation sites is 1. The molecule has 1 aromatic carbocycles. The Hall–Kier alpha value is -1.35. The van der Waals surface area contributed by atoms with Crippen LogP contribution in [-0.2, 0) is 4.79 Å². The quantitative estimate of drug-likeness (QED) is 0.731. The number of nitrogens with one attached hydrogen (secondary N) is 2. The highest BCUT2D eigenvalue weighted by atomic mass is 16.2. The highest BCUT2D eigenvalue weighted by Crippen LogP contribution is 2.04. The second kappa shape index (κ2) is 4.62. The largest absolute Gasteiger partial charge is 0.325 e. The summed E-state index contributed by atoms with van der Waals surface area (Å²) < 4.78 is 0. The lowest BCUT2D eigenvalue weighted by Crippen LogP contribution is -2.35. The van der Waals surface area contributed by atoms with E-state index in [1.807, 2.05) is 37.3 Å². The molecule has 0 heterocycles. The van der Waals surface area contributed by atoms with Crippen molar-refractivity contribution in [3.05, 3.63) is 30.3 Å². The second-order valence-electron chi connectivity index (χ2n) is 2.87. The van der Waals surface area contributed by atoms with Crippen LogP contribution in [0.5, 0.6) is 0 Å². The summed E-state index contributed by atoms with van der Waals surface area (Å²) >= 11 is 0. The first-order valence-corrected chi connectivity index (χ1v) is 4.27. The average Bonchev–Trinajstić information content (AvgIpc) is 2.18. The van der Waals surface area contributed by atoms with E-state index in [4.69, 9.17) is 0 Å². The molecule has 2 N–H and O–H groups in total. The van der Waals surface area contributed by atoms with Crippen molar-refractivity contribution in [3.8, 4) is 0 Å². The van der Waals surface area contributed by atoms with Crippen LogP contribution in [-0.4, -0.2) is 19.0 Å². The fraction of sp³-hybridized carbons (Fsp3) is 0.300. The van der Waals surface area contributed by atoms with Gasteiger partial charge in [0.25, 0.3) is 0 Å². The maximum atomic E-state index is 11.4. The normalized spacial score (nSPS) is 12.2. The number of carbonyl (C=O) groups excluding carboxylic acids is 1. The summed E-state index contributed by atoms with van der Waals surface area (Å²) in [6, 6.07) is 9.25. The van der Waals surface area contributed by atoms with Crippen molar-refractivity contribution in [2.45, 2.75) is 13.0 Å². The van der Waals surface area contributed by atoms with Gasteiger partial charge in [0.2, 0.25) is 5.91 Å². The van der Waals surface area contributed by atoms with Gasteiger partial charge < -0.3 is 10.6 Å². The van der Waals surface area contributed by atoms with Gasteiger partial charge in [-0.15, -0.1) is 0 Å². The van der Waals surface area contributed by atoms with E-state index in [2.05, 4.69) is 10.6 Å². The van der Waals surface area contributed by atoms with E-state index < -0.39 is 0 Å². The fourth-order valence-corrected chi connectivity index (χ4v) is 0.903. The van der Waals surface area contributed by atoms with Crippen LogP contribution in [0.1, 0.15) is 6.92 Å². The van der Waals surface area contributed by atoms with Crippen LogP contribution in [0.15, 0.2) is 30.3 Å². The molecule has 0 fully saturated rings. The third-order valence-corrected chi connectivity index (χ3v) is 1.87. The minimum Gasteiger partial charge on any atom is -0.325 e. The predicted octanol–water partition coefficient (Wildman–Crippen LogP) is 1.23. The van der Waals surface area contributed by atoms with Gasteiger partial charge in [-0.25, -0.2) is 0 Å². The summed E-state index contributed by atoms with van der Waals surface area (Å²) in [5.74, 6) is -0.0197. The molecule has 1 unspecified atom stereocenters. The molecule has 0 saturated carbocycles. The lowest BCUT2D eigenvalue weighted by molar-refractivity contribution is -0.117. The van der Waals surface area contributed by atoms with E-state index in [-0.39, 0.29) is 11.9 Å². The van der Waals surface area contributed by atoms with E-state index >= 15 is 0 Å². The number of anilines is 1. The summed E-state index contributed by atoms with van der Waals surface area (Å²) in [5.41, 5.74) is 0.828. The molecule has 0 aliphatic rings. The van der Waals surface area contributed by atoms with Gasteiger partial charge in [-0.05, 0) is 26.1 Å². The van der Waals surface area contributed by atoms with Gasteiger partial charge in [-0.3, -0.25) is 4.79 Å². The molecule has 0 aliphatic carbocycles. The first-order valence-electron chi connectivity index (χ1n) is 4.27. The lowest BCUT2D eigenvalue weighted by atomic mass is 10.3. The maximum absolute atomic E-state index is 11.4. The van der Waals surface area contributed by atoms with Crippen molar-refractivity contribution in [3.63, 3.8) is 0 Å². The van der Waals surface area contributed by atoms with Crippen LogP contribution in [0.4, 0.5) is 5.69 Å². The third-order valence-electron chi connectivity index (χ3n) is 1.87. The molecule has 0 aliphatic heterocycles. The third kappa shape index (κ3) is 2.87. The standard InChI is InChI=1S/C10H14N2O/c1-8(11-2)10(13)12-9-6-4-3-5-7-9/h3-8,11H,1-2H3,(H,12,13). The molecule has 13 heavy (non-hydrogen) atoms. The van der Waals surface area contributed by atoms with E-state index in [1.54, 1.807) is 7.05 Å². The van der Waals surface area contributed by atoms with Crippen LogP contribution < -0.4 is 10.6 Å². The number of amides is 1. The summed E-state index contributed by atoms with van der Waals surface area (Å²) in [5, 5.41) is 5.66. The summed E-state index contributed by atoms with van der Waals surface area (Å²) in [6.45, 7) is 1.82. The Morgan fingerprint density at radius 2 is 1.92 bits per heavy atom. The molecule has 1 amide bonds. The van der Waals surface area contributed by atoms with Crippen molar-refractivity contribution in [1.82, 2.24) is 5.32 Å². The molecular weight excluding hydrogens is 164 g/mol. The summed E-state index contributed by atoms with van der Waals surface area (Å²) in [7, 11) is 1.76. The number of likely N-dealkylation sites (N-methyl/N-ethyl adjacent to an activating group) is 1. The smallest absolute Gasteiger partial charge is 0.241 e. The minimum absolute atomic E-state index is 0.0197. The Bertz CT molecular complexity index is 272. The summed E-state index contributed by atoms with van der Waals surface area (Å²) in [4.78, 5) is 11.4. The number of carbonyl (C=O) groups is 1.